The molecule has 0 aliphatic heterocycles. The number of aromatic nitrogens is 2. The van der Waals surface area contributed by atoms with E-state index in [2.05, 4.69) is 23.8 Å². The van der Waals surface area contributed by atoms with E-state index in [1.165, 1.54) is 11.8 Å². The van der Waals surface area contributed by atoms with Crippen molar-refractivity contribution in [1.29, 1.82) is 0 Å². The molecule has 0 aliphatic carbocycles. The van der Waals surface area contributed by atoms with Crippen LogP contribution in [0.4, 0.5) is 0 Å². The Morgan fingerprint density at radius 3 is 2.67 bits per heavy atom. The third-order valence-electron chi connectivity index (χ3n) is 1.78. The van der Waals surface area contributed by atoms with E-state index in [9.17, 15) is 4.79 Å². The Morgan fingerprint density at radius 2 is 2.20 bits per heavy atom. The zero-order chi connectivity index (χ0) is 11.4. The van der Waals surface area contributed by atoms with Gasteiger partial charge in [-0.2, -0.15) is 0 Å². The maximum absolute atomic E-state index is 10.8. The van der Waals surface area contributed by atoms with Gasteiger partial charge in [-0.1, -0.05) is 25.6 Å². The van der Waals surface area contributed by atoms with E-state index < -0.39 is 5.97 Å². The summed E-state index contributed by atoms with van der Waals surface area (Å²) in [5, 5.41) is 9.38. The third-order valence-corrected chi connectivity index (χ3v) is 2.33. The van der Waals surface area contributed by atoms with E-state index in [4.69, 9.17) is 5.11 Å². The van der Waals surface area contributed by atoms with E-state index in [0.717, 1.165) is 12.1 Å². The van der Waals surface area contributed by atoms with E-state index >= 15 is 0 Å². The number of carboxylic acid groups (broad SMARTS) is 1. The van der Waals surface area contributed by atoms with E-state index in [-0.39, 0.29) is 5.69 Å². The molecular weight excluding hydrogens is 212 g/mol. The van der Waals surface area contributed by atoms with Crippen LogP contribution in [0.3, 0.4) is 0 Å². The summed E-state index contributed by atoms with van der Waals surface area (Å²) in [6.07, 6.45) is 2.61. The molecule has 5 heteroatoms. The lowest BCUT2D eigenvalue weighted by Gasteiger charge is -2.06. The topological polar surface area (TPSA) is 63.1 Å². The van der Waals surface area contributed by atoms with Gasteiger partial charge in [-0.25, -0.2) is 14.8 Å². The monoisotopic (exact) mass is 226 g/mol. The molecule has 0 amide bonds. The number of nitrogens with zero attached hydrogens (tertiary/aromatic N) is 2. The standard InChI is InChI=1S/C10H14N2O2S/c1-6(2)4-7-5-8(9(13)14)12-10(11-7)15-3/h5-6H,4H2,1-3H3,(H,13,14). The minimum atomic E-state index is -1.00. The van der Waals surface area contributed by atoms with Crippen molar-refractivity contribution in [2.24, 2.45) is 5.92 Å². The summed E-state index contributed by atoms with van der Waals surface area (Å²) < 4.78 is 0. The molecule has 0 radical (unpaired) electrons. The second-order valence-corrected chi connectivity index (χ2v) is 4.41. The predicted octanol–water partition coefficient (Wildman–Crippen LogP) is 2.10. The van der Waals surface area contributed by atoms with Gasteiger partial charge >= 0.3 is 5.97 Å². The molecule has 0 aromatic carbocycles. The van der Waals surface area contributed by atoms with Crippen molar-refractivity contribution < 1.29 is 9.90 Å². The average molecular weight is 226 g/mol. The normalized spacial score (nSPS) is 10.7. The van der Waals surface area contributed by atoms with Crippen molar-refractivity contribution in [3.63, 3.8) is 0 Å². The molecule has 0 saturated heterocycles. The van der Waals surface area contributed by atoms with E-state index in [1.807, 2.05) is 6.26 Å². The molecule has 4 nitrogen and oxygen atoms in total. The first-order chi connectivity index (χ1) is 7.02. The molecule has 0 atom stereocenters. The van der Waals surface area contributed by atoms with Crippen molar-refractivity contribution >= 4 is 17.7 Å². The lowest BCUT2D eigenvalue weighted by molar-refractivity contribution is 0.0689. The highest BCUT2D eigenvalue weighted by molar-refractivity contribution is 7.98. The van der Waals surface area contributed by atoms with Crippen LogP contribution in [0.25, 0.3) is 0 Å². The number of carboxylic acids is 1. The third kappa shape index (κ3) is 3.51. The fourth-order valence-corrected chi connectivity index (χ4v) is 1.60. The van der Waals surface area contributed by atoms with Crippen LogP contribution >= 0.6 is 11.8 Å². The lowest BCUT2D eigenvalue weighted by Crippen LogP contribution is -2.07. The second-order valence-electron chi connectivity index (χ2n) is 3.63. The summed E-state index contributed by atoms with van der Waals surface area (Å²) >= 11 is 1.36. The summed E-state index contributed by atoms with van der Waals surface area (Å²) in [5.74, 6) is -0.547. The molecule has 0 aliphatic rings. The molecule has 0 unspecified atom stereocenters. The largest absolute Gasteiger partial charge is 0.477 e. The van der Waals surface area contributed by atoms with Crippen molar-refractivity contribution in [3.05, 3.63) is 17.5 Å². The fraction of sp³-hybridized carbons (Fsp3) is 0.500. The highest BCUT2D eigenvalue weighted by atomic mass is 32.2. The molecule has 0 fully saturated rings. The van der Waals surface area contributed by atoms with Gasteiger partial charge in [0.2, 0.25) is 0 Å². The van der Waals surface area contributed by atoms with Gasteiger partial charge in [-0.15, -0.1) is 0 Å². The second kappa shape index (κ2) is 5.11. The van der Waals surface area contributed by atoms with Crippen LogP contribution in [-0.2, 0) is 6.42 Å². The SMILES string of the molecule is CSc1nc(CC(C)C)cc(C(=O)O)n1. The van der Waals surface area contributed by atoms with Gasteiger partial charge in [0.1, 0.15) is 0 Å². The first kappa shape index (κ1) is 12.0. The van der Waals surface area contributed by atoms with Crippen LogP contribution in [-0.4, -0.2) is 27.3 Å². The summed E-state index contributed by atoms with van der Waals surface area (Å²) in [6, 6.07) is 1.54. The minimum absolute atomic E-state index is 0.0741. The Labute approximate surface area is 93.1 Å². The fourth-order valence-electron chi connectivity index (χ4n) is 1.20. The van der Waals surface area contributed by atoms with Crippen LogP contribution in [0.15, 0.2) is 11.2 Å². The highest BCUT2D eigenvalue weighted by Gasteiger charge is 2.10. The predicted molar refractivity (Wildman–Crippen MR) is 59.3 cm³/mol. The molecule has 0 saturated carbocycles. The average Bonchev–Trinajstić information content (AvgIpc) is 2.16. The number of rotatable bonds is 4. The van der Waals surface area contributed by atoms with Crippen LogP contribution in [0.5, 0.6) is 0 Å². The van der Waals surface area contributed by atoms with Crippen molar-refractivity contribution in [1.82, 2.24) is 9.97 Å². The van der Waals surface area contributed by atoms with Gasteiger partial charge in [-0.3, -0.25) is 0 Å². The molecule has 82 valence electrons. The van der Waals surface area contributed by atoms with Crippen LogP contribution in [0.1, 0.15) is 30.0 Å². The Hall–Kier alpha value is -1.10. The lowest BCUT2D eigenvalue weighted by atomic mass is 10.1. The molecule has 1 aromatic rings. The highest BCUT2D eigenvalue weighted by Crippen LogP contribution is 2.13. The molecular formula is C10H14N2O2S. The number of thioether (sulfide) groups is 1. The number of carbonyl (C=O) groups is 1. The van der Waals surface area contributed by atoms with Gasteiger partial charge in [-0.05, 0) is 24.7 Å². The van der Waals surface area contributed by atoms with Gasteiger partial charge in [0.25, 0.3) is 0 Å². The Balaban J connectivity index is 3.05. The smallest absolute Gasteiger partial charge is 0.354 e. The van der Waals surface area contributed by atoms with Gasteiger partial charge in [0.15, 0.2) is 10.9 Å². The van der Waals surface area contributed by atoms with Gasteiger partial charge in [0.05, 0.1) is 0 Å². The summed E-state index contributed by atoms with van der Waals surface area (Å²) in [5.41, 5.74) is 0.867. The van der Waals surface area contributed by atoms with Gasteiger partial charge < -0.3 is 5.11 Å². The number of hydrogen-bond acceptors (Lipinski definition) is 4. The summed E-state index contributed by atoms with van der Waals surface area (Å²) in [4.78, 5) is 19.0. The number of aromatic carboxylic acids is 1. The van der Waals surface area contributed by atoms with Crippen molar-refractivity contribution in [2.45, 2.75) is 25.4 Å². The Kier molecular flexibility index (Phi) is 4.08. The number of hydrogen-bond donors (Lipinski definition) is 1. The van der Waals surface area contributed by atoms with E-state index in [1.54, 1.807) is 6.07 Å². The van der Waals surface area contributed by atoms with Crippen molar-refractivity contribution in [2.75, 3.05) is 6.26 Å². The molecule has 1 aromatic heterocycles. The van der Waals surface area contributed by atoms with Crippen LogP contribution in [0, 0.1) is 5.92 Å². The molecule has 1 heterocycles. The van der Waals surface area contributed by atoms with E-state index in [0.29, 0.717) is 11.1 Å². The minimum Gasteiger partial charge on any atom is -0.477 e. The first-order valence-electron chi connectivity index (χ1n) is 4.68. The first-order valence-corrected chi connectivity index (χ1v) is 5.90. The van der Waals surface area contributed by atoms with Crippen LogP contribution < -0.4 is 0 Å². The van der Waals surface area contributed by atoms with Gasteiger partial charge in [0, 0.05) is 5.69 Å². The molecule has 0 spiro atoms. The quantitative estimate of drug-likeness (QED) is 0.629. The molecule has 15 heavy (non-hydrogen) atoms. The summed E-state index contributed by atoms with van der Waals surface area (Å²) in [6.45, 7) is 4.14. The Bertz CT molecular complexity index is 366. The maximum atomic E-state index is 10.8. The van der Waals surface area contributed by atoms with Crippen LogP contribution in [0.2, 0.25) is 0 Å². The molecule has 0 bridgehead atoms. The summed E-state index contributed by atoms with van der Waals surface area (Å²) in [7, 11) is 0. The zero-order valence-electron chi connectivity index (χ0n) is 9.02. The maximum Gasteiger partial charge on any atom is 0.354 e. The Morgan fingerprint density at radius 1 is 1.53 bits per heavy atom. The molecule has 1 rings (SSSR count). The zero-order valence-corrected chi connectivity index (χ0v) is 9.84. The molecule has 1 N–H and O–H groups in total. The van der Waals surface area contributed by atoms with Crippen molar-refractivity contribution in [3.8, 4) is 0 Å².